The van der Waals surface area contributed by atoms with Crippen molar-refractivity contribution in [1.29, 1.82) is 0 Å². The molecule has 0 aliphatic carbocycles. The molecular formula is C29H58O5. The number of hydrogen-bond donors (Lipinski definition) is 0. The second-order valence-corrected chi connectivity index (χ2v) is 9.88. The van der Waals surface area contributed by atoms with Crippen LogP contribution in [-0.4, -0.2) is 52.2 Å². The number of ether oxygens (including phenoxy) is 4. The first-order chi connectivity index (χ1) is 16.6. The van der Waals surface area contributed by atoms with Gasteiger partial charge in [-0.2, -0.15) is 0 Å². The minimum Gasteiger partial charge on any atom is -0.463 e. The van der Waals surface area contributed by atoms with Crippen LogP contribution in [0.25, 0.3) is 0 Å². The first-order valence-corrected chi connectivity index (χ1v) is 14.5. The predicted molar refractivity (Wildman–Crippen MR) is 142 cm³/mol. The maximum Gasteiger partial charge on any atom is 0.305 e. The molecule has 0 aromatic carbocycles. The van der Waals surface area contributed by atoms with Crippen molar-refractivity contribution in [2.45, 2.75) is 124 Å². The molecule has 0 fully saturated rings. The van der Waals surface area contributed by atoms with Crippen LogP contribution in [0, 0.1) is 11.8 Å². The van der Waals surface area contributed by atoms with Crippen LogP contribution >= 0.6 is 0 Å². The average Bonchev–Trinajstić information content (AvgIpc) is 2.83. The van der Waals surface area contributed by atoms with E-state index in [-0.39, 0.29) is 5.97 Å². The lowest BCUT2D eigenvalue weighted by Crippen LogP contribution is -2.14. The summed E-state index contributed by atoms with van der Waals surface area (Å²) in [4.78, 5) is 11.8. The monoisotopic (exact) mass is 486 g/mol. The molecular weight excluding hydrogens is 428 g/mol. The molecule has 5 heteroatoms. The van der Waals surface area contributed by atoms with E-state index in [9.17, 15) is 4.79 Å². The molecule has 204 valence electrons. The molecule has 0 amide bonds. The average molecular weight is 487 g/mol. The van der Waals surface area contributed by atoms with Crippen LogP contribution in [0.3, 0.4) is 0 Å². The van der Waals surface area contributed by atoms with Gasteiger partial charge in [0.15, 0.2) is 0 Å². The molecule has 5 nitrogen and oxygen atoms in total. The van der Waals surface area contributed by atoms with Gasteiger partial charge in [0.2, 0.25) is 0 Å². The van der Waals surface area contributed by atoms with Crippen molar-refractivity contribution < 1.29 is 23.7 Å². The highest BCUT2D eigenvalue weighted by Gasteiger charge is 2.11. The summed E-state index contributed by atoms with van der Waals surface area (Å²) in [6, 6.07) is 0. The summed E-state index contributed by atoms with van der Waals surface area (Å²) < 4.78 is 21.4. The largest absolute Gasteiger partial charge is 0.463 e. The SMILES string of the molecule is CCCCCCCCC(C)C(C)CCCCCCCC(=O)OCCOCCOCCOCCC. The normalized spacial score (nSPS) is 13.2. The minimum absolute atomic E-state index is 0.106. The van der Waals surface area contributed by atoms with Gasteiger partial charge in [-0.05, 0) is 24.7 Å². The highest BCUT2D eigenvalue weighted by molar-refractivity contribution is 5.69. The highest BCUT2D eigenvalue weighted by atomic mass is 16.6. The van der Waals surface area contributed by atoms with Crippen LogP contribution in [0.1, 0.15) is 124 Å². The van der Waals surface area contributed by atoms with Crippen LogP contribution in [0.5, 0.6) is 0 Å². The van der Waals surface area contributed by atoms with Crippen LogP contribution in [-0.2, 0) is 23.7 Å². The molecule has 0 N–H and O–H groups in total. The molecule has 2 unspecified atom stereocenters. The van der Waals surface area contributed by atoms with Gasteiger partial charge >= 0.3 is 5.97 Å². The van der Waals surface area contributed by atoms with Gasteiger partial charge < -0.3 is 18.9 Å². The Labute approximate surface area is 212 Å². The van der Waals surface area contributed by atoms with Gasteiger partial charge in [-0.25, -0.2) is 0 Å². The van der Waals surface area contributed by atoms with Crippen molar-refractivity contribution in [3.05, 3.63) is 0 Å². The molecule has 0 heterocycles. The van der Waals surface area contributed by atoms with Crippen LogP contribution < -0.4 is 0 Å². The summed E-state index contributed by atoms with van der Waals surface area (Å²) in [6.45, 7) is 13.0. The summed E-state index contributed by atoms with van der Waals surface area (Å²) in [6.07, 6.45) is 18.5. The van der Waals surface area contributed by atoms with Crippen molar-refractivity contribution in [3.8, 4) is 0 Å². The number of unbranched alkanes of at least 4 members (excludes halogenated alkanes) is 9. The summed E-state index contributed by atoms with van der Waals surface area (Å²) in [5.41, 5.74) is 0. The van der Waals surface area contributed by atoms with E-state index in [4.69, 9.17) is 18.9 Å². The molecule has 0 bridgehead atoms. The van der Waals surface area contributed by atoms with Crippen molar-refractivity contribution in [1.82, 2.24) is 0 Å². The fraction of sp³-hybridized carbons (Fsp3) is 0.966. The van der Waals surface area contributed by atoms with E-state index in [1.807, 2.05) is 0 Å². The zero-order chi connectivity index (χ0) is 25.1. The quantitative estimate of drug-likeness (QED) is 0.0877. The van der Waals surface area contributed by atoms with E-state index in [1.165, 1.54) is 70.6 Å². The predicted octanol–water partition coefficient (Wildman–Crippen LogP) is 7.74. The van der Waals surface area contributed by atoms with Crippen LogP contribution in [0.15, 0.2) is 0 Å². The second-order valence-electron chi connectivity index (χ2n) is 9.88. The second kappa shape index (κ2) is 26.9. The third kappa shape index (κ3) is 24.5. The Morgan fingerprint density at radius 3 is 1.50 bits per heavy atom. The third-order valence-electron chi connectivity index (χ3n) is 6.61. The van der Waals surface area contributed by atoms with E-state index in [1.54, 1.807) is 0 Å². The molecule has 0 rings (SSSR count). The lowest BCUT2D eigenvalue weighted by Gasteiger charge is -2.19. The number of hydrogen-bond acceptors (Lipinski definition) is 5. The molecule has 0 aliphatic heterocycles. The van der Waals surface area contributed by atoms with Crippen LogP contribution in [0.4, 0.5) is 0 Å². The number of carbonyl (C=O) groups excluding carboxylic acids is 1. The lowest BCUT2D eigenvalue weighted by atomic mass is 9.86. The van der Waals surface area contributed by atoms with Crippen molar-refractivity contribution in [3.63, 3.8) is 0 Å². The van der Waals surface area contributed by atoms with Gasteiger partial charge in [-0.15, -0.1) is 0 Å². The van der Waals surface area contributed by atoms with Gasteiger partial charge in [-0.3, -0.25) is 4.79 Å². The fourth-order valence-electron chi connectivity index (χ4n) is 4.05. The Bertz CT molecular complexity index is 415. The Hall–Kier alpha value is -0.650. The zero-order valence-electron chi connectivity index (χ0n) is 23.3. The summed E-state index contributed by atoms with van der Waals surface area (Å²) in [5.74, 6) is 1.58. The van der Waals surface area contributed by atoms with Crippen LogP contribution in [0.2, 0.25) is 0 Å². The Balaban J connectivity index is 3.36. The first-order valence-electron chi connectivity index (χ1n) is 14.5. The van der Waals surface area contributed by atoms with E-state index < -0.39 is 0 Å². The smallest absolute Gasteiger partial charge is 0.305 e. The van der Waals surface area contributed by atoms with Gasteiger partial charge in [0, 0.05) is 13.0 Å². The lowest BCUT2D eigenvalue weighted by molar-refractivity contribution is -0.145. The van der Waals surface area contributed by atoms with E-state index in [0.29, 0.717) is 46.1 Å². The molecule has 0 aromatic rings. The van der Waals surface area contributed by atoms with Crippen molar-refractivity contribution in [2.24, 2.45) is 11.8 Å². The molecule has 0 spiro atoms. The molecule has 0 aliphatic rings. The Kier molecular flexibility index (Phi) is 26.4. The number of rotatable bonds is 27. The summed E-state index contributed by atoms with van der Waals surface area (Å²) >= 11 is 0. The standard InChI is InChI=1S/C29H58O5/c1-5-7-8-9-11-14-17-27(3)28(4)18-15-12-10-13-16-19-29(30)34-26-25-33-24-23-32-22-21-31-20-6-2/h27-28H,5-26H2,1-4H3. The maximum absolute atomic E-state index is 11.8. The molecule has 0 saturated heterocycles. The summed E-state index contributed by atoms with van der Waals surface area (Å²) in [7, 11) is 0. The minimum atomic E-state index is -0.106. The van der Waals surface area contributed by atoms with Crippen molar-refractivity contribution in [2.75, 3.05) is 46.2 Å². The van der Waals surface area contributed by atoms with Gasteiger partial charge in [0.05, 0.1) is 33.0 Å². The van der Waals surface area contributed by atoms with Crippen molar-refractivity contribution >= 4 is 5.97 Å². The van der Waals surface area contributed by atoms with E-state index >= 15 is 0 Å². The van der Waals surface area contributed by atoms with Gasteiger partial charge in [-0.1, -0.05) is 105 Å². The Morgan fingerprint density at radius 2 is 0.971 bits per heavy atom. The molecule has 0 saturated carbocycles. The number of carbonyl (C=O) groups is 1. The van der Waals surface area contributed by atoms with Gasteiger partial charge in [0.25, 0.3) is 0 Å². The fourth-order valence-corrected chi connectivity index (χ4v) is 4.05. The molecule has 0 radical (unpaired) electrons. The van der Waals surface area contributed by atoms with E-state index in [0.717, 1.165) is 37.7 Å². The third-order valence-corrected chi connectivity index (χ3v) is 6.61. The highest BCUT2D eigenvalue weighted by Crippen LogP contribution is 2.24. The summed E-state index contributed by atoms with van der Waals surface area (Å²) in [5, 5.41) is 0. The molecule has 34 heavy (non-hydrogen) atoms. The first kappa shape index (κ1) is 33.4. The number of esters is 1. The van der Waals surface area contributed by atoms with Gasteiger partial charge in [0.1, 0.15) is 6.61 Å². The molecule has 0 aromatic heterocycles. The van der Waals surface area contributed by atoms with E-state index in [2.05, 4.69) is 27.7 Å². The topological polar surface area (TPSA) is 54.0 Å². The maximum atomic E-state index is 11.8. The Morgan fingerprint density at radius 1 is 0.529 bits per heavy atom. The molecule has 2 atom stereocenters. The zero-order valence-corrected chi connectivity index (χ0v) is 23.3.